The molecule has 4 aromatic rings. The zero-order chi connectivity index (χ0) is 19.8. The predicted octanol–water partition coefficient (Wildman–Crippen LogP) is 3.72. The van der Waals surface area contributed by atoms with Crippen LogP contribution in [0.25, 0.3) is 15.9 Å². The highest BCUT2D eigenvalue weighted by Gasteiger charge is 2.27. The first-order valence-electron chi connectivity index (χ1n) is 9.41. The van der Waals surface area contributed by atoms with E-state index in [0.717, 1.165) is 35.3 Å². The van der Waals surface area contributed by atoms with Crippen LogP contribution < -0.4 is 10.2 Å². The molecule has 0 saturated carbocycles. The summed E-state index contributed by atoms with van der Waals surface area (Å²) in [6, 6.07) is 8.26. The summed E-state index contributed by atoms with van der Waals surface area (Å²) in [7, 11) is 0. The Balaban J connectivity index is 1.47. The van der Waals surface area contributed by atoms with Crippen LogP contribution in [0.15, 0.2) is 48.2 Å². The van der Waals surface area contributed by atoms with Crippen LogP contribution in [0.5, 0.6) is 0 Å². The first kappa shape index (κ1) is 18.0. The Bertz CT molecular complexity index is 1140. The van der Waals surface area contributed by atoms with Gasteiger partial charge in [-0.2, -0.15) is 4.98 Å². The lowest BCUT2D eigenvalue weighted by Gasteiger charge is -2.23. The van der Waals surface area contributed by atoms with Crippen molar-refractivity contribution in [2.45, 2.75) is 18.9 Å². The van der Waals surface area contributed by atoms with E-state index >= 15 is 0 Å². The van der Waals surface area contributed by atoms with Crippen molar-refractivity contribution >= 4 is 39.1 Å². The lowest BCUT2D eigenvalue weighted by Crippen LogP contribution is -2.33. The van der Waals surface area contributed by atoms with Gasteiger partial charge in [-0.1, -0.05) is 0 Å². The van der Waals surface area contributed by atoms with Crippen molar-refractivity contribution in [3.8, 4) is 5.69 Å². The third-order valence-electron chi connectivity index (χ3n) is 5.09. The molecule has 4 heterocycles. The van der Waals surface area contributed by atoms with E-state index in [9.17, 15) is 9.50 Å². The number of nitrogens with zero attached hydrogens (tertiary/aromatic N) is 5. The maximum Gasteiger partial charge on any atom is 0.228 e. The lowest BCUT2D eigenvalue weighted by molar-refractivity contribution is 0.265. The summed E-state index contributed by atoms with van der Waals surface area (Å²) in [5, 5.41) is 14.9. The first-order valence-corrected chi connectivity index (χ1v) is 10.3. The topological polar surface area (TPSA) is 79.1 Å². The molecule has 1 saturated heterocycles. The maximum atomic E-state index is 13.2. The van der Waals surface area contributed by atoms with Crippen LogP contribution in [0.4, 0.5) is 22.0 Å². The standard InChI is InChI=1S/C20H19FN6OS/c21-13-3-5-14(6-4-13)26-10-17(22-12-26)24-19-18-16(7-9-29-18)23-20(25-19)27-8-1-2-15(27)11-28/h3-7,9-10,12,15,28H,1-2,8,11H2,(H,23,24,25). The van der Waals surface area contributed by atoms with Gasteiger partial charge in [-0.15, -0.1) is 11.3 Å². The second-order valence-corrected chi connectivity index (χ2v) is 7.86. The lowest BCUT2D eigenvalue weighted by atomic mass is 10.2. The molecule has 5 rings (SSSR count). The molecule has 1 aliphatic rings. The third-order valence-corrected chi connectivity index (χ3v) is 6.00. The van der Waals surface area contributed by atoms with Crippen molar-refractivity contribution < 1.29 is 9.50 Å². The van der Waals surface area contributed by atoms with E-state index in [0.29, 0.717) is 17.6 Å². The number of nitrogens with one attached hydrogen (secondary N) is 1. The van der Waals surface area contributed by atoms with E-state index in [1.54, 1.807) is 29.8 Å². The zero-order valence-electron chi connectivity index (χ0n) is 15.5. The van der Waals surface area contributed by atoms with Crippen molar-refractivity contribution in [3.05, 3.63) is 54.1 Å². The van der Waals surface area contributed by atoms with Crippen molar-refractivity contribution in [2.24, 2.45) is 0 Å². The van der Waals surface area contributed by atoms with Crippen LogP contribution in [-0.4, -0.2) is 43.8 Å². The second kappa shape index (κ2) is 7.41. The minimum absolute atomic E-state index is 0.0524. The van der Waals surface area contributed by atoms with Gasteiger partial charge in [0.05, 0.1) is 29.1 Å². The fourth-order valence-corrected chi connectivity index (χ4v) is 4.39. The molecule has 0 amide bonds. The smallest absolute Gasteiger partial charge is 0.228 e. The molecule has 3 aromatic heterocycles. The van der Waals surface area contributed by atoms with Crippen LogP contribution >= 0.6 is 11.3 Å². The van der Waals surface area contributed by atoms with Gasteiger partial charge in [-0.05, 0) is 48.6 Å². The fourth-order valence-electron chi connectivity index (χ4n) is 3.62. The molecule has 148 valence electrons. The SMILES string of the molecule is OCC1CCCN1c1nc(Nc2cn(-c3ccc(F)cc3)cn2)c2sccc2n1. The van der Waals surface area contributed by atoms with Gasteiger partial charge < -0.3 is 19.9 Å². The van der Waals surface area contributed by atoms with E-state index in [1.165, 1.54) is 12.1 Å². The number of fused-ring (bicyclic) bond motifs is 1. The largest absolute Gasteiger partial charge is 0.394 e. The first-order chi connectivity index (χ1) is 14.2. The van der Waals surface area contributed by atoms with Crippen LogP contribution in [0.3, 0.4) is 0 Å². The number of aliphatic hydroxyl groups is 1. The number of aromatic nitrogens is 4. The summed E-state index contributed by atoms with van der Waals surface area (Å²) in [5.74, 6) is 1.67. The minimum Gasteiger partial charge on any atom is -0.394 e. The van der Waals surface area contributed by atoms with Gasteiger partial charge in [0.25, 0.3) is 0 Å². The zero-order valence-corrected chi connectivity index (χ0v) is 16.3. The molecule has 7 nitrogen and oxygen atoms in total. The molecule has 2 N–H and O–H groups in total. The normalized spacial score (nSPS) is 16.6. The number of thiophene rings is 1. The Labute approximate surface area is 170 Å². The predicted molar refractivity (Wildman–Crippen MR) is 112 cm³/mol. The molecule has 9 heteroatoms. The molecule has 1 aliphatic heterocycles. The monoisotopic (exact) mass is 410 g/mol. The van der Waals surface area contributed by atoms with Crippen molar-refractivity contribution in [1.82, 2.24) is 19.5 Å². The van der Waals surface area contributed by atoms with Gasteiger partial charge >= 0.3 is 0 Å². The number of halogens is 1. The van der Waals surface area contributed by atoms with Gasteiger partial charge in [0.2, 0.25) is 5.95 Å². The van der Waals surface area contributed by atoms with E-state index in [1.807, 2.05) is 22.2 Å². The number of imidazole rings is 1. The fraction of sp³-hybridized carbons (Fsp3) is 0.250. The van der Waals surface area contributed by atoms with Crippen molar-refractivity contribution in [1.29, 1.82) is 0 Å². The molecule has 0 radical (unpaired) electrons. The summed E-state index contributed by atoms with van der Waals surface area (Å²) < 4.78 is 15.9. The van der Waals surface area contributed by atoms with E-state index in [-0.39, 0.29) is 18.5 Å². The highest BCUT2D eigenvalue weighted by Crippen LogP contribution is 2.32. The molecule has 1 atom stereocenters. The van der Waals surface area contributed by atoms with Crippen LogP contribution in [-0.2, 0) is 0 Å². The van der Waals surface area contributed by atoms with Crippen LogP contribution in [0.1, 0.15) is 12.8 Å². The average molecular weight is 410 g/mol. The number of benzene rings is 1. The van der Waals surface area contributed by atoms with Gasteiger partial charge in [0.15, 0.2) is 5.82 Å². The molecule has 1 fully saturated rings. The molecule has 29 heavy (non-hydrogen) atoms. The number of aliphatic hydroxyl groups excluding tert-OH is 1. The highest BCUT2D eigenvalue weighted by atomic mass is 32.1. The molecule has 0 spiro atoms. The number of rotatable bonds is 5. The summed E-state index contributed by atoms with van der Waals surface area (Å²) in [6.07, 6.45) is 5.46. The van der Waals surface area contributed by atoms with Gasteiger partial charge in [-0.3, -0.25) is 0 Å². The highest BCUT2D eigenvalue weighted by molar-refractivity contribution is 7.17. The van der Waals surface area contributed by atoms with Crippen molar-refractivity contribution in [2.75, 3.05) is 23.4 Å². The third kappa shape index (κ3) is 3.43. The second-order valence-electron chi connectivity index (χ2n) is 6.95. The molecular weight excluding hydrogens is 391 g/mol. The van der Waals surface area contributed by atoms with E-state index in [2.05, 4.69) is 15.2 Å². The molecule has 0 aliphatic carbocycles. The maximum absolute atomic E-state index is 13.2. The van der Waals surface area contributed by atoms with E-state index in [4.69, 9.17) is 9.97 Å². The quantitative estimate of drug-likeness (QED) is 0.522. The summed E-state index contributed by atoms with van der Waals surface area (Å²) in [6.45, 7) is 0.926. The van der Waals surface area contributed by atoms with Crippen molar-refractivity contribution in [3.63, 3.8) is 0 Å². The molecular formula is C20H19FN6OS. The van der Waals surface area contributed by atoms with Crippen LogP contribution in [0, 0.1) is 5.82 Å². The Morgan fingerprint density at radius 3 is 2.90 bits per heavy atom. The van der Waals surface area contributed by atoms with Gasteiger partial charge in [0, 0.05) is 12.2 Å². The Kier molecular flexibility index (Phi) is 4.61. The van der Waals surface area contributed by atoms with Gasteiger partial charge in [-0.25, -0.2) is 14.4 Å². The number of anilines is 3. The molecule has 1 aromatic carbocycles. The summed E-state index contributed by atoms with van der Waals surface area (Å²) in [4.78, 5) is 15.9. The van der Waals surface area contributed by atoms with Gasteiger partial charge in [0.1, 0.15) is 18.0 Å². The number of hydrogen-bond acceptors (Lipinski definition) is 7. The van der Waals surface area contributed by atoms with E-state index < -0.39 is 0 Å². The molecule has 0 bridgehead atoms. The Morgan fingerprint density at radius 2 is 2.07 bits per heavy atom. The Hall–Kier alpha value is -3.04. The number of hydrogen-bond donors (Lipinski definition) is 2. The summed E-state index contributed by atoms with van der Waals surface area (Å²) >= 11 is 1.56. The summed E-state index contributed by atoms with van der Waals surface area (Å²) in [5.41, 5.74) is 1.68. The van der Waals surface area contributed by atoms with Crippen LogP contribution in [0.2, 0.25) is 0 Å². The Morgan fingerprint density at radius 1 is 1.21 bits per heavy atom. The minimum atomic E-state index is -0.274. The average Bonchev–Trinajstić information content (AvgIpc) is 3.48. The molecule has 1 unspecified atom stereocenters.